The van der Waals surface area contributed by atoms with E-state index in [-0.39, 0.29) is 5.91 Å². The van der Waals surface area contributed by atoms with Crippen molar-refractivity contribution in [3.63, 3.8) is 0 Å². The van der Waals surface area contributed by atoms with Crippen LogP contribution in [0.4, 0.5) is 0 Å². The summed E-state index contributed by atoms with van der Waals surface area (Å²) >= 11 is 0. The fourth-order valence-electron chi connectivity index (χ4n) is 2.97. The Morgan fingerprint density at radius 2 is 1.85 bits per heavy atom. The molecule has 136 valence electrons. The minimum Gasteiger partial charge on any atom is -0.465 e. The molecule has 0 fully saturated rings. The molecule has 5 heteroatoms. The monoisotopic (exact) mass is 360 g/mol. The van der Waals surface area contributed by atoms with Crippen LogP contribution in [0.15, 0.2) is 69.5 Å². The Morgan fingerprint density at radius 1 is 1.00 bits per heavy atom. The van der Waals surface area contributed by atoms with Crippen LogP contribution in [0, 0.1) is 6.92 Å². The summed E-state index contributed by atoms with van der Waals surface area (Å²) in [6.45, 7) is 2.22. The summed E-state index contributed by atoms with van der Waals surface area (Å²) in [5.74, 6) is 2.06. The van der Waals surface area contributed by atoms with Gasteiger partial charge in [0, 0.05) is 12.0 Å². The number of rotatable bonds is 6. The van der Waals surface area contributed by atoms with Crippen molar-refractivity contribution in [3.05, 3.63) is 89.2 Å². The summed E-state index contributed by atoms with van der Waals surface area (Å²) in [6, 6.07) is 19.3. The van der Waals surface area contributed by atoms with Crippen LogP contribution < -0.4 is 5.32 Å². The quantitative estimate of drug-likeness (QED) is 0.552. The fourth-order valence-corrected chi connectivity index (χ4v) is 2.97. The van der Waals surface area contributed by atoms with Gasteiger partial charge >= 0.3 is 0 Å². The van der Waals surface area contributed by atoms with Gasteiger partial charge in [0.2, 0.25) is 0 Å². The van der Waals surface area contributed by atoms with Crippen LogP contribution in [-0.4, -0.2) is 10.9 Å². The molecule has 1 amide bonds. The molecule has 0 aliphatic heterocycles. The predicted octanol–water partition coefficient (Wildman–Crippen LogP) is 4.44. The second-order valence-electron chi connectivity index (χ2n) is 6.47. The minimum absolute atomic E-state index is 0.173. The molecule has 1 N–H and O–H groups in total. The highest BCUT2D eigenvalue weighted by Crippen LogP contribution is 2.19. The lowest BCUT2D eigenvalue weighted by molar-refractivity contribution is 0.0948. The van der Waals surface area contributed by atoms with Crippen molar-refractivity contribution in [2.45, 2.75) is 26.3 Å². The smallest absolute Gasteiger partial charge is 0.251 e. The second-order valence-corrected chi connectivity index (χ2v) is 6.47. The highest BCUT2D eigenvalue weighted by molar-refractivity contribution is 5.96. The Hall–Kier alpha value is -3.34. The molecule has 0 radical (unpaired) electrons. The molecular formula is C22H20N2O3. The highest BCUT2D eigenvalue weighted by atomic mass is 16.3. The molecule has 2 heterocycles. The molecule has 4 rings (SSSR count). The number of carbonyl (C=O) groups is 1. The van der Waals surface area contributed by atoms with E-state index in [9.17, 15) is 4.79 Å². The SMILES string of the molecule is Cc1ccc(CNC(=O)c2ccc3nc(CCc4ccccc4)oc3c2)o1. The molecular weight excluding hydrogens is 340 g/mol. The molecule has 4 aromatic rings. The van der Waals surface area contributed by atoms with E-state index in [1.807, 2.05) is 43.3 Å². The van der Waals surface area contributed by atoms with Gasteiger partial charge in [0.05, 0.1) is 6.54 Å². The molecule has 5 nitrogen and oxygen atoms in total. The van der Waals surface area contributed by atoms with E-state index in [0.717, 1.165) is 29.9 Å². The van der Waals surface area contributed by atoms with Crippen LogP contribution in [0.2, 0.25) is 0 Å². The van der Waals surface area contributed by atoms with Gasteiger partial charge in [-0.25, -0.2) is 4.98 Å². The number of furan rings is 1. The molecule has 0 bridgehead atoms. The highest BCUT2D eigenvalue weighted by Gasteiger charge is 2.11. The summed E-state index contributed by atoms with van der Waals surface area (Å²) in [5.41, 5.74) is 3.17. The molecule has 2 aromatic heterocycles. The number of aromatic nitrogens is 1. The lowest BCUT2D eigenvalue weighted by Gasteiger charge is -2.03. The maximum atomic E-state index is 12.4. The average Bonchev–Trinajstić information content (AvgIpc) is 3.30. The van der Waals surface area contributed by atoms with Crippen LogP contribution >= 0.6 is 0 Å². The molecule has 27 heavy (non-hydrogen) atoms. The first kappa shape index (κ1) is 17.1. The molecule has 0 saturated heterocycles. The third-order valence-electron chi connectivity index (χ3n) is 4.38. The zero-order valence-electron chi connectivity index (χ0n) is 15.1. The first-order chi connectivity index (χ1) is 13.2. The largest absolute Gasteiger partial charge is 0.465 e. The Balaban J connectivity index is 1.43. The van der Waals surface area contributed by atoms with E-state index in [4.69, 9.17) is 8.83 Å². The van der Waals surface area contributed by atoms with Gasteiger partial charge in [0.25, 0.3) is 5.91 Å². The molecule has 0 saturated carbocycles. The number of carbonyl (C=O) groups excluding carboxylic acids is 1. The molecule has 0 unspecified atom stereocenters. The van der Waals surface area contributed by atoms with Gasteiger partial charge in [0.15, 0.2) is 11.5 Å². The van der Waals surface area contributed by atoms with Gasteiger partial charge in [-0.3, -0.25) is 4.79 Å². The number of aryl methyl sites for hydroxylation is 3. The number of fused-ring (bicyclic) bond motifs is 1. The number of oxazole rings is 1. The summed E-state index contributed by atoms with van der Waals surface area (Å²) in [5, 5.41) is 2.85. The van der Waals surface area contributed by atoms with Gasteiger partial charge < -0.3 is 14.2 Å². The van der Waals surface area contributed by atoms with Gasteiger partial charge in [-0.15, -0.1) is 0 Å². The second kappa shape index (κ2) is 7.50. The van der Waals surface area contributed by atoms with E-state index in [1.54, 1.807) is 12.1 Å². The number of nitrogens with one attached hydrogen (secondary N) is 1. The maximum absolute atomic E-state index is 12.4. The number of hydrogen-bond acceptors (Lipinski definition) is 4. The summed E-state index contributed by atoms with van der Waals surface area (Å²) in [6.07, 6.45) is 1.58. The van der Waals surface area contributed by atoms with Crippen LogP contribution in [-0.2, 0) is 19.4 Å². The number of hydrogen-bond donors (Lipinski definition) is 1. The van der Waals surface area contributed by atoms with E-state index >= 15 is 0 Å². The van der Waals surface area contributed by atoms with Gasteiger partial charge in [0.1, 0.15) is 17.0 Å². The lowest BCUT2D eigenvalue weighted by atomic mass is 10.1. The molecule has 0 atom stereocenters. The van der Waals surface area contributed by atoms with Gasteiger partial charge in [-0.1, -0.05) is 30.3 Å². The maximum Gasteiger partial charge on any atom is 0.251 e. The van der Waals surface area contributed by atoms with E-state index in [2.05, 4.69) is 22.4 Å². The number of nitrogens with zero attached hydrogens (tertiary/aromatic N) is 1. The summed E-state index contributed by atoms with van der Waals surface area (Å²) in [4.78, 5) is 16.9. The normalized spacial score (nSPS) is 11.0. The third kappa shape index (κ3) is 4.08. The van der Waals surface area contributed by atoms with Crippen LogP contribution in [0.25, 0.3) is 11.1 Å². The minimum atomic E-state index is -0.173. The third-order valence-corrected chi connectivity index (χ3v) is 4.38. The van der Waals surface area contributed by atoms with Gasteiger partial charge in [-0.05, 0) is 49.2 Å². The summed E-state index contributed by atoms with van der Waals surface area (Å²) in [7, 11) is 0. The first-order valence-corrected chi connectivity index (χ1v) is 8.94. The molecule has 0 aliphatic carbocycles. The summed E-state index contributed by atoms with van der Waals surface area (Å²) < 4.78 is 11.3. The fraction of sp³-hybridized carbons (Fsp3) is 0.182. The lowest BCUT2D eigenvalue weighted by Crippen LogP contribution is -2.22. The van der Waals surface area contributed by atoms with Crippen molar-refractivity contribution in [1.82, 2.24) is 10.3 Å². The Bertz CT molecular complexity index is 1060. The van der Waals surface area contributed by atoms with Crippen molar-refractivity contribution in [1.29, 1.82) is 0 Å². The zero-order chi connectivity index (χ0) is 18.6. The van der Waals surface area contributed by atoms with E-state index in [0.29, 0.717) is 23.6 Å². The average molecular weight is 360 g/mol. The topological polar surface area (TPSA) is 68.3 Å². The Morgan fingerprint density at radius 3 is 2.63 bits per heavy atom. The van der Waals surface area contributed by atoms with Crippen LogP contribution in [0.1, 0.15) is 33.3 Å². The molecule has 0 spiro atoms. The number of benzene rings is 2. The Labute approximate surface area is 157 Å². The van der Waals surface area contributed by atoms with Crippen molar-refractivity contribution in [3.8, 4) is 0 Å². The van der Waals surface area contributed by atoms with Gasteiger partial charge in [-0.2, -0.15) is 0 Å². The standard InChI is InChI=1S/C22H20N2O3/c1-15-7-10-18(26-15)14-23-22(25)17-9-11-19-20(13-17)27-21(24-19)12-8-16-5-3-2-4-6-16/h2-7,9-11,13H,8,12,14H2,1H3,(H,23,25). The first-order valence-electron chi connectivity index (χ1n) is 8.94. The van der Waals surface area contributed by atoms with Crippen LogP contribution in [0.5, 0.6) is 0 Å². The zero-order valence-corrected chi connectivity index (χ0v) is 15.1. The van der Waals surface area contributed by atoms with Crippen molar-refractivity contribution >= 4 is 17.0 Å². The molecule has 2 aromatic carbocycles. The van der Waals surface area contributed by atoms with Crippen molar-refractivity contribution < 1.29 is 13.6 Å². The predicted molar refractivity (Wildman–Crippen MR) is 102 cm³/mol. The van der Waals surface area contributed by atoms with Crippen LogP contribution in [0.3, 0.4) is 0 Å². The van der Waals surface area contributed by atoms with Crippen molar-refractivity contribution in [2.24, 2.45) is 0 Å². The van der Waals surface area contributed by atoms with E-state index < -0.39 is 0 Å². The van der Waals surface area contributed by atoms with E-state index in [1.165, 1.54) is 5.56 Å². The number of amides is 1. The van der Waals surface area contributed by atoms with Crippen molar-refractivity contribution in [2.75, 3.05) is 0 Å². The molecule has 0 aliphatic rings. The Kier molecular flexibility index (Phi) is 4.75.